The second kappa shape index (κ2) is 8.12. The Balaban J connectivity index is 1.71. The lowest BCUT2D eigenvalue weighted by Crippen LogP contribution is -2.29. The second-order valence-corrected chi connectivity index (χ2v) is 6.50. The molecule has 1 saturated heterocycles. The molecule has 132 valence electrons. The molecule has 0 radical (unpaired) electrons. The molecule has 2 N–H and O–H groups in total. The number of nitrogens with one attached hydrogen (secondary N) is 1. The standard InChI is InChI=1S/C20H24FN3O/c1-15(22-23-19-8-6-18(21)7-9-19)16-5-10-20(25)17(13-16)14-24-11-3-2-4-12-24/h5-10,13,23,25H,2-4,11-12,14H2,1H3/b22-15+. The molecule has 1 aliphatic heterocycles. The molecular formula is C20H24FN3O. The summed E-state index contributed by atoms with van der Waals surface area (Å²) >= 11 is 0. The van der Waals surface area contributed by atoms with Gasteiger partial charge in [0, 0.05) is 12.1 Å². The number of nitrogens with zero attached hydrogens (tertiary/aromatic N) is 2. The Labute approximate surface area is 148 Å². The molecule has 0 atom stereocenters. The van der Waals surface area contributed by atoms with E-state index >= 15 is 0 Å². The third-order valence-electron chi connectivity index (χ3n) is 4.54. The topological polar surface area (TPSA) is 47.9 Å². The van der Waals surface area contributed by atoms with Crippen LogP contribution in [0.15, 0.2) is 47.6 Å². The van der Waals surface area contributed by atoms with Crippen molar-refractivity contribution in [1.82, 2.24) is 4.90 Å². The van der Waals surface area contributed by atoms with Crippen molar-refractivity contribution >= 4 is 11.4 Å². The Bertz CT molecular complexity index is 737. The van der Waals surface area contributed by atoms with Gasteiger partial charge in [-0.15, -0.1) is 0 Å². The van der Waals surface area contributed by atoms with Gasteiger partial charge in [-0.1, -0.05) is 6.42 Å². The van der Waals surface area contributed by atoms with Gasteiger partial charge in [-0.25, -0.2) is 4.39 Å². The van der Waals surface area contributed by atoms with Crippen molar-refractivity contribution in [1.29, 1.82) is 0 Å². The van der Waals surface area contributed by atoms with E-state index in [0.29, 0.717) is 5.75 Å². The summed E-state index contributed by atoms with van der Waals surface area (Å²) in [5.74, 6) is 0.0563. The molecule has 1 heterocycles. The molecule has 4 nitrogen and oxygen atoms in total. The average Bonchev–Trinajstić information content (AvgIpc) is 2.64. The number of rotatable bonds is 5. The van der Waals surface area contributed by atoms with Gasteiger partial charge in [-0.2, -0.15) is 5.10 Å². The number of hydrogen-bond acceptors (Lipinski definition) is 4. The van der Waals surface area contributed by atoms with E-state index in [2.05, 4.69) is 15.4 Å². The van der Waals surface area contributed by atoms with Gasteiger partial charge >= 0.3 is 0 Å². The first-order chi connectivity index (χ1) is 12.1. The predicted octanol–water partition coefficient (Wildman–Crippen LogP) is 4.35. The Morgan fingerprint density at radius 3 is 2.56 bits per heavy atom. The maximum absolute atomic E-state index is 12.9. The van der Waals surface area contributed by atoms with E-state index < -0.39 is 0 Å². The summed E-state index contributed by atoms with van der Waals surface area (Å²) in [7, 11) is 0. The van der Waals surface area contributed by atoms with Crippen LogP contribution < -0.4 is 5.43 Å². The SMILES string of the molecule is C/C(=N\Nc1ccc(F)cc1)c1ccc(O)c(CN2CCCCC2)c1. The van der Waals surface area contributed by atoms with Gasteiger partial charge in [0.1, 0.15) is 11.6 Å². The van der Waals surface area contributed by atoms with Gasteiger partial charge in [-0.3, -0.25) is 10.3 Å². The van der Waals surface area contributed by atoms with Crippen molar-refractivity contribution in [3.05, 3.63) is 59.4 Å². The fourth-order valence-electron chi connectivity index (χ4n) is 3.03. The molecule has 3 rings (SSSR count). The lowest BCUT2D eigenvalue weighted by molar-refractivity contribution is 0.218. The molecule has 0 saturated carbocycles. The van der Waals surface area contributed by atoms with Crippen LogP contribution in [0.3, 0.4) is 0 Å². The maximum Gasteiger partial charge on any atom is 0.123 e. The summed E-state index contributed by atoms with van der Waals surface area (Å²) in [5.41, 5.74) is 6.36. The molecule has 0 aliphatic carbocycles. The van der Waals surface area contributed by atoms with Crippen molar-refractivity contribution in [2.75, 3.05) is 18.5 Å². The first kappa shape index (κ1) is 17.4. The van der Waals surface area contributed by atoms with Crippen molar-refractivity contribution < 1.29 is 9.50 Å². The van der Waals surface area contributed by atoms with Gasteiger partial charge in [0.2, 0.25) is 0 Å². The Kier molecular flexibility index (Phi) is 5.66. The third-order valence-corrected chi connectivity index (χ3v) is 4.54. The Morgan fingerprint density at radius 1 is 1.12 bits per heavy atom. The summed E-state index contributed by atoms with van der Waals surface area (Å²) in [6.45, 7) is 4.84. The number of phenols is 1. The highest BCUT2D eigenvalue weighted by Crippen LogP contribution is 2.22. The molecule has 0 bridgehead atoms. The summed E-state index contributed by atoms with van der Waals surface area (Å²) < 4.78 is 12.9. The van der Waals surface area contributed by atoms with Gasteiger partial charge in [-0.05, 0) is 80.9 Å². The first-order valence-electron chi connectivity index (χ1n) is 8.72. The molecule has 0 spiro atoms. The fraction of sp³-hybridized carbons (Fsp3) is 0.350. The molecule has 1 aliphatic rings. The second-order valence-electron chi connectivity index (χ2n) is 6.50. The van der Waals surface area contributed by atoms with Crippen LogP contribution in [0, 0.1) is 5.82 Å². The van der Waals surface area contributed by atoms with Crippen LogP contribution in [0.5, 0.6) is 5.75 Å². The highest BCUT2D eigenvalue weighted by Gasteiger charge is 2.13. The van der Waals surface area contributed by atoms with Crippen LogP contribution in [0.4, 0.5) is 10.1 Å². The highest BCUT2D eigenvalue weighted by atomic mass is 19.1. The molecular weight excluding hydrogens is 317 g/mol. The normalized spacial score (nSPS) is 16.0. The van der Waals surface area contributed by atoms with Crippen molar-refractivity contribution in [2.45, 2.75) is 32.7 Å². The molecule has 0 amide bonds. The molecule has 5 heteroatoms. The van der Waals surface area contributed by atoms with Crippen molar-refractivity contribution in [3.8, 4) is 5.75 Å². The maximum atomic E-state index is 12.9. The van der Waals surface area contributed by atoms with Crippen LogP contribution in [-0.2, 0) is 6.54 Å². The number of phenolic OH excluding ortho intramolecular Hbond substituents is 1. The number of benzene rings is 2. The smallest absolute Gasteiger partial charge is 0.123 e. The molecule has 0 unspecified atom stereocenters. The van der Waals surface area contributed by atoms with E-state index in [-0.39, 0.29) is 5.82 Å². The Morgan fingerprint density at radius 2 is 1.84 bits per heavy atom. The van der Waals surface area contributed by atoms with Gasteiger partial charge in [0.15, 0.2) is 0 Å². The monoisotopic (exact) mass is 341 g/mol. The van der Waals surface area contributed by atoms with Crippen LogP contribution >= 0.6 is 0 Å². The van der Waals surface area contributed by atoms with Crippen molar-refractivity contribution in [3.63, 3.8) is 0 Å². The number of anilines is 1. The molecule has 0 aromatic heterocycles. The number of hydrogen-bond donors (Lipinski definition) is 2. The van der Waals surface area contributed by atoms with Crippen LogP contribution in [0.25, 0.3) is 0 Å². The molecule has 1 fully saturated rings. The quantitative estimate of drug-likeness (QED) is 0.628. The lowest BCUT2D eigenvalue weighted by atomic mass is 10.0. The third kappa shape index (κ3) is 4.79. The molecule has 2 aromatic carbocycles. The summed E-state index contributed by atoms with van der Waals surface area (Å²) in [4.78, 5) is 2.38. The van der Waals surface area contributed by atoms with E-state index in [1.807, 2.05) is 19.1 Å². The minimum absolute atomic E-state index is 0.271. The van der Waals surface area contributed by atoms with Gasteiger partial charge < -0.3 is 5.11 Å². The first-order valence-corrected chi connectivity index (χ1v) is 8.72. The number of likely N-dealkylation sites (tertiary alicyclic amines) is 1. The zero-order chi connectivity index (χ0) is 17.6. The molecule has 2 aromatic rings. The zero-order valence-electron chi connectivity index (χ0n) is 14.5. The predicted molar refractivity (Wildman–Crippen MR) is 99.5 cm³/mol. The number of aromatic hydroxyl groups is 1. The van der Waals surface area contributed by atoms with Crippen LogP contribution in [0.1, 0.15) is 37.3 Å². The minimum atomic E-state index is -0.271. The Hall–Kier alpha value is -2.40. The number of hydrazone groups is 1. The fourth-order valence-corrected chi connectivity index (χ4v) is 3.03. The molecule has 25 heavy (non-hydrogen) atoms. The van der Waals surface area contributed by atoms with Gasteiger partial charge in [0.25, 0.3) is 0 Å². The summed E-state index contributed by atoms with van der Waals surface area (Å²) in [5, 5.41) is 14.5. The largest absolute Gasteiger partial charge is 0.508 e. The van der Waals surface area contributed by atoms with Crippen molar-refractivity contribution in [2.24, 2.45) is 5.10 Å². The van der Waals surface area contributed by atoms with E-state index in [9.17, 15) is 9.50 Å². The summed E-state index contributed by atoms with van der Waals surface area (Å²) in [6.07, 6.45) is 3.74. The van der Waals surface area contributed by atoms with Crippen LogP contribution in [-0.4, -0.2) is 28.8 Å². The van der Waals surface area contributed by atoms with E-state index in [1.54, 1.807) is 18.2 Å². The van der Waals surface area contributed by atoms with E-state index in [0.717, 1.165) is 42.2 Å². The average molecular weight is 341 g/mol. The van der Waals surface area contributed by atoms with E-state index in [4.69, 9.17) is 0 Å². The van der Waals surface area contributed by atoms with E-state index in [1.165, 1.54) is 31.4 Å². The minimum Gasteiger partial charge on any atom is -0.508 e. The lowest BCUT2D eigenvalue weighted by Gasteiger charge is -2.26. The number of piperidine rings is 1. The zero-order valence-corrected chi connectivity index (χ0v) is 14.5. The highest BCUT2D eigenvalue weighted by molar-refractivity contribution is 5.99. The summed E-state index contributed by atoms with van der Waals surface area (Å²) in [6, 6.07) is 11.7. The van der Waals surface area contributed by atoms with Gasteiger partial charge in [0.05, 0.1) is 11.4 Å². The van der Waals surface area contributed by atoms with Crippen LogP contribution in [0.2, 0.25) is 0 Å². The number of halogens is 1.